The summed E-state index contributed by atoms with van der Waals surface area (Å²) in [6.45, 7) is 7.67. The molecule has 2 amide bonds. The molecule has 0 aromatic rings. The number of hydrogen-bond acceptors (Lipinski definition) is 2. The predicted molar refractivity (Wildman–Crippen MR) is 87.6 cm³/mol. The fraction of sp³-hybridized carbons (Fsp3) is 0.882. The largest absolute Gasteiger partial charge is 0.273 e. The van der Waals surface area contributed by atoms with Gasteiger partial charge in [-0.1, -0.05) is 79.1 Å². The molecule has 0 aliphatic carbocycles. The fourth-order valence-corrected chi connectivity index (χ4v) is 1.97. The van der Waals surface area contributed by atoms with Crippen molar-refractivity contribution in [1.29, 1.82) is 0 Å². The van der Waals surface area contributed by atoms with Crippen LogP contribution in [-0.2, 0) is 9.59 Å². The Bertz CT molecular complexity index is 296. The Labute approximate surface area is 130 Å². The van der Waals surface area contributed by atoms with Crippen LogP contribution in [0.5, 0.6) is 0 Å². The van der Waals surface area contributed by atoms with Gasteiger partial charge in [0.05, 0.1) is 0 Å². The first-order valence-electron chi connectivity index (χ1n) is 8.47. The normalized spacial score (nSPS) is 11.2. The summed E-state index contributed by atoms with van der Waals surface area (Å²) in [5.41, 5.74) is 4.46. The standard InChI is InChI=1S/C17H34N2O2/c1-5-6-7-8-9-10-11-12-13-14-15(20)18-19-16(21)17(2,3)4/h5-14H2,1-4H3,(H,18,20)(H,19,21). The number of unbranched alkanes of at least 4 members (excludes halogenated alkanes) is 8. The van der Waals surface area contributed by atoms with Crippen molar-refractivity contribution in [3.05, 3.63) is 0 Å². The molecule has 0 radical (unpaired) electrons. The van der Waals surface area contributed by atoms with Gasteiger partial charge in [0.2, 0.25) is 11.8 Å². The van der Waals surface area contributed by atoms with Crippen molar-refractivity contribution < 1.29 is 9.59 Å². The zero-order valence-corrected chi connectivity index (χ0v) is 14.4. The highest BCUT2D eigenvalue weighted by atomic mass is 16.2. The average molecular weight is 298 g/mol. The van der Waals surface area contributed by atoms with Crippen LogP contribution in [0.3, 0.4) is 0 Å². The molecule has 0 spiro atoms. The molecule has 0 unspecified atom stereocenters. The van der Waals surface area contributed by atoms with Crippen LogP contribution in [0.4, 0.5) is 0 Å². The van der Waals surface area contributed by atoms with Gasteiger partial charge in [0.1, 0.15) is 0 Å². The van der Waals surface area contributed by atoms with E-state index in [9.17, 15) is 9.59 Å². The van der Waals surface area contributed by atoms with Crippen molar-refractivity contribution in [3.63, 3.8) is 0 Å². The molecule has 0 aromatic carbocycles. The maximum absolute atomic E-state index is 11.6. The van der Waals surface area contributed by atoms with E-state index in [4.69, 9.17) is 0 Å². The third kappa shape index (κ3) is 12.4. The monoisotopic (exact) mass is 298 g/mol. The van der Waals surface area contributed by atoms with Gasteiger partial charge in [-0.15, -0.1) is 0 Å². The molecule has 4 heteroatoms. The lowest BCUT2D eigenvalue weighted by molar-refractivity contribution is -0.133. The van der Waals surface area contributed by atoms with Crippen molar-refractivity contribution in [2.75, 3.05) is 0 Å². The van der Waals surface area contributed by atoms with E-state index in [0.29, 0.717) is 6.42 Å². The predicted octanol–water partition coefficient (Wildman–Crippen LogP) is 4.10. The lowest BCUT2D eigenvalue weighted by Gasteiger charge is -2.17. The van der Waals surface area contributed by atoms with Crippen LogP contribution < -0.4 is 10.9 Å². The van der Waals surface area contributed by atoms with E-state index >= 15 is 0 Å². The molecule has 0 saturated heterocycles. The molecule has 124 valence electrons. The fourth-order valence-electron chi connectivity index (χ4n) is 1.97. The zero-order valence-electron chi connectivity index (χ0n) is 14.4. The number of carbonyl (C=O) groups is 2. The highest BCUT2D eigenvalue weighted by molar-refractivity contribution is 5.84. The van der Waals surface area contributed by atoms with Crippen molar-refractivity contribution in [2.45, 2.75) is 91.9 Å². The van der Waals surface area contributed by atoms with Gasteiger partial charge in [-0.05, 0) is 6.42 Å². The first-order chi connectivity index (χ1) is 9.88. The minimum atomic E-state index is -0.481. The van der Waals surface area contributed by atoms with Crippen molar-refractivity contribution in [3.8, 4) is 0 Å². The number of carbonyl (C=O) groups excluding carboxylic acids is 2. The second-order valence-corrected chi connectivity index (χ2v) is 6.83. The van der Waals surface area contributed by atoms with Gasteiger partial charge in [0, 0.05) is 11.8 Å². The second-order valence-electron chi connectivity index (χ2n) is 6.83. The van der Waals surface area contributed by atoms with E-state index < -0.39 is 5.41 Å². The Balaban J connectivity index is 3.40. The van der Waals surface area contributed by atoms with E-state index in [1.165, 1.54) is 44.9 Å². The minimum absolute atomic E-state index is 0.101. The average Bonchev–Trinajstić information content (AvgIpc) is 2.41. The van der Waals surface area contributed by atoms with Gasteiger partial charge < -0.3 is 0 Å². The molecule has 0 aliphatic rings. The Morgan fingerprint density at radius 1 is 0.762 bits per heavy atom. The van der Waals surface area contributed by atoms with Crippen molar-refractivity contribution in [2.24, 2.45) is 5.41 Å². The summed E-state index contributed by atoms with van der Waals surface area (Å²) in [6, 6.07) is 0. The SMILES string of the molecule is CCCCCCCCCCCC(=O)NNC(=O)C(C)(C)C. The Kier molecular flexibility index (Phi) is 11.0. The maximum Gasteiger partial charge on any atom is 0.243 e. The van der Waals surface area contributed by atoms with Crippen LogP contribution in [0.1, 0.15) is 91.9 Å². The van der Waals surface area contributed by atoms with Crippen LogP contribution >= 0.6 is 0 Å². The summed E-state index contributed by atoms with van der Waals surface area (Å²) >= 11 is 0. The summed E-state index contributed by atoms with van der Waals surface area (Å²) in [5.74, 6) is -0.265. The van der Waals surface area contributed by atoms with Crippen LogP contribution in [0, 0.1) is 5.41 Å². The Hall–Kier alpha value is -1.06. The Morgan fingerprint density at radius 2 is 1.24 bits per heavy atom. The molecular weight excluding hydrogens is 264 g/mol. The molecular formula is C17H34N2O2. The summed E-state index contributed by atoms with van der Waals surface area (Å²) in [5, 5.41) is 0. The van der Waals surface area contributed by atoms with Crippen LogP contribution in [0.25, 0.3) is 0 Å². The maximum atomic E-state index is 11.6. The lowest BCUT2D eigenvalue weighted by atomic mass is 9.96. The van der Waals surface area contributed by atoms with Gasteiger partial charge in [-0.2, -0.15) is 0 Å². The first kappa shape index (κ1) is 19.9. The highest BCUT2D eigenvalue weighted by Gasteiger charge is 2.21. The van der Waals surface area contributed by atoms with Gasteiger partial charge in [0.15, 0.2) is 0 Å². The highest BCUT2D eigenvalue weighted by Crippen LogP contribution is 2.12. The third-order valence-corrected chi connectivity index (χ3v) is 3.50. The molecule has 0 heterocycles. The van der Waals surface area contributed by atoms with E-state index in [2.05, 4.69) is 17.8 Å². The summed E-state index contributed by atoms with van der Waals surface area (Å²) < 4.78 is 0. The molecule has 21 heavy (non-hydrogen) atoms. The number of hydrogen-bond donors (Lipinski definition) is 2. The first-order valence-corrected chi connectivity index (χ1v) is 8.47. The zero-order chi connectivity index (χ0) is 16.1. The van der Waals surface area contributed by atoms with Gasteiger partial charge in [-0.3, -0.25) is 20.4 Å². The molecule has 0 fully saturated rings. The minimum Gasteiger partial charge on any atom is -0.273 e. The number of rotatable bonds is 10. The molecule has 4 nitrogen and oxygen atoms in total. The smallest absolute Gasteiger partial charge is 0.243 e. The topological polar surface area (TPSA) is 58.2 Å². The lowest BCUT2D eigenvalue weighted by Crippen LogP contribution is -2.46. The molecule has 0 aliphatic heterocycles. The summed E-state index contributed by atoms with van der Waals surface area (Å²) in [6.07, 6.45) is 11.6. The molecule has 0 bridgehead atoms. The van der Waals surface area contributed by atoms with Crippen molar-refractivity contribution in [1.82, 2.24) is 10.9 Å². The Morgan fingerprint density at radius 3 is 1.71 bits per heavy atom. The van der Waals surface area contributed by atoms with Crippen LogP contribution in [0.2, 0.25) is 0 Å². The van der Waals surface area contributed by atoms with E-state index in [1.807, 2.05) is 20.8 Å². The number of hydrazine groups is 1. The summed E-state index contributed by atoms with van der Waals surface area (Å²) in [4.78, 5) is 23.1. The van der Waals surface area contributed by atoms with Crippen LogP contribution in [0.15, 0.2) is 0 Å². The second kappa shape index (κ2) is 11.6. The molecule has 0 rings (SSSR count). The molecule has 0 aromatic heterocycles. The molecule has 2 N–H and O–H groups in total. The van der Waals surface area contributed by atoms with Gasteiger partial charge in [0.25, 0.3) is 0 Å². The third-order valence-electron chi connectivity index (χ3n) is 3.50. The molecule has 0 saturated carbocycles. The van der Waals surface area contributed by atoms with E-state index in [0.717, 1.165) is 12.8 Å². The molecule has 0 atom stereocenters. The van der Waals surface area contributed by atoms with Crippen molar-refractivity contribution >= 4 is 11.8 Å². The van der Waals surface area contributed by atoms with Gasteiger partial charge in [-0.25, -0.2) is 0 Å². The van der Waals surface area contributed by atoms with Crippen LogP contribution in [-0.4, -0.2) is 11.8 Å². The number of amides is 2. The number of nitrogens with one attached hydrogen (secondary N) is 2. The van der Waals surface area contributed by atoms with Gasteiger partial charge >= 0.3 is 0 Å². The summed E-state index contributed by atoms with van der Waals surface area (Å²) in [7, 11) is 0. The van der Waals surface area contributed by atoms with E-state index in [-0.39, 0.29) is 11.8 Å². The van der Waals surface area contributed by atoms with E-state index in [1.54, 1.807) is 0 Å². The quantitative estimate of drug-likeness (QED) is 0.471.